The average Bonchev–Trinajstić information content (AvgIpc) is 3.60. The smallest absolute Gasteiger partial charge is 0.289 e. The predicted octanol–water partition coefficient (Wildman–Crippen LogP) is 2.25. The maximum Gasteiger partial charge on any atom is 0.289 e. The maximum absolute atomic E-state index is 13.4. The molecule has 190 valence electrons. The summed E-state index contributed by atoms with van der Waals surface area (Å²) in [4.78, 5) is 15.2. The van der Waals surface area contributed by atoms with Gasteiger partial charge in [0, 0.05) is 62.8 Å². The molecule has 11 heteroatoms. The van der Waals surface area contributed by atoms with Crippen LogP contribution in [-0.4, -0.2) is 87.7 Å². The van der Waals surface area contributed by atoms with Crippen molar-refractivity contribution in [2.24, 2.45) is 0 Å². The van der Waals surface area contributed by atoms with E-state index < -0.39 is 21.6 Å². The minimum Gasteiger partial charge on any atom is -0.451 e. The number of benzene rings is 1. The van der Waals surface area contributed by atoms with Crippen LogP contribution >= 0.6 is 0 Å². The summed E-state index contributed by atoms with van der Waals surface area (Å²) in [6.07, 6.45) is 2.25. The molecule has 0 atom stereocenters. The van der Waals surface area contributed by atoms with E-state index in [2.05, 4.69) is 0 Å². The van der Waals surface area contributed by atoms with Crippen LogP contribution in [0, 0.1) is 6.92 Å². The van der Waals surface area contributed by atoms with Crippen molar-refractivity contribution in [3.05, 3.63) is 29.5 Å². The highest BCUT2D eigenvalue weighted by molar-refractivity contribution is 7.89. The van der Waals surface area contributed by atoms with Gasteiger partial charge in [0.25, 0.3) is 5.91 Å². The first-order chi connectivity index (χ1) is 16.8. The van der Waals surface area contributed by atoms with Crippen LogP contribution in [-0.2, 0) is 29.0 Å². The van der Waals surface area contributed by atoms with Crippen molar-refractivity contribution in [2.75, 3.05) is 52.6 Å². The molecule has 0 unspecified atom stereocenters. The third-order valence-electron chi connectivity index (χ3n) is 7.66. The van der Waals surface area contributed by atoms with E-state index in [1.807, 2.05) is 0 Å². The molecule has 4 saturated heterocycles. The Kier molecular flexibility index (Phi) is 5.70. The van der Waals surface area contributed by atoms with Gasteiger partial charge in [-0.15, -0.1) is 0 Å². The Labute approximate surface area is 204 Å². The number of piperidine rings is 2. The van der Waals surface area contributed by atoms with E-state index in [4.69, 9.17) is 23.4 Å². The second-order valence-corrected chi connectivity index (χ2v) is 11.6. The highest BCUT2D eigenvalue weighted by atomic mass is 32.2. The number of sulfonamides is 1. The molecular weight excluding hydrogens is 476 g/mol. The Morgan fingerprint density at radius 1 is 0.857 bits per heavy atom. The van der Waals surface area contributed by atoms with E-state index in [9.17, 15) is 13.2 Å². The number of rotatable bonds is 3. The topological polar surface area (TPSA) is 108 Å². The minimum atomic E-state index is -3.70. The lowest BCUT2D eigenvalue weighted by Crippen LogP contribution is -2.47. The number of ether oxygens (including phenoxy) is 4. The van der Waals surface area contributed by atoms with Crippen molar-refractivity contribution in [1.29, 1.82) is 0 Å². The fourth-order valence-electron chi connectivity index (χ4n) is 5.55. The third-order valence-corrected chi connectivity index (χ3v) is 9.56. The number of hydrogen-bond donors (Lipinski definition) is 0. The lowest BCUT2D eigenvalue weighted by molar-refractivity contribution is -0.181. The molecule has 0 N–H and O–H groups in total. The molecule has 2 spiro atoms. The van der Waals surface area contributed by atoms with Gasteiger partial charge in [-0.25, -0.2) is 8.42 Å². The molecule has 1 aromatic heterocycles. The molecule has 0 saturated carbocycles. The second-order valence-electron chi connectivity index (χ2n) is 9.63. The van der Waals surface area contributed by atoms with Gasteiger partial charge in [0.15, 0.2) is 17.3 Å². The van der Waals surface area contributed by atoms with Crippen molar-refractivity contribution >= 4 is 26.9 Å². The summed E-state index contributed by atoms with van der Waals surface area (Å²) in [5.41, 5.74) is 1.13. The first-order valence-electron chi connectivity index (χ1n) is 12.2. The van der Waals surface area contributed by atoms with E-state index in [1.165, 1.54) is 4.31 Å². The van der Waals surface area contributed by atoms with Crippen molar-refractivity contribution in [3.8, 4) is 0 Å². The molecule has 0 bridgehead atoms. The zero-order valence-electron chi connectivity index (χ0n) is 19.8. The van der Waals surface area contributed by atoms with Crippen LogP contribution in [0.3, 0.4) is 0 Å². The zero-order valence-corrected chi connectivity index (χ0v) is 20.6. The van der Waals surface area contributed by atoms with Crippen LogP contribution in [0.1, 0.15) is 41.8 Å². The summed E-state index contributed by atoms with van der Waals surface area (Å²) in [5, 5.41) is 0.626. The quantitative estimate of drug-likeness (QED) is 0.624. The lowest BCUT2D eigenvalue weighted by atomic mass is 10.0. The standard InChI is InChI=1S/C24H30N2O8S/c1-17-19-16-18(35(28,29)26-10-6-24(7-11-26)32-14-15-33-24)2-3-20(19)34-21(17)22(27)25-8-4-23(5-9-25)30-12-13-31-23/h2-3,16H,4-15H2,1H3. The summed E-state index contributed by atoms with van der Waals surface area (Å²) in [5.74, 6) is -1.16. The Balaban J connectivity index is 1.20. The fraction of sp³-hybridized carbons (Fsp3) is 0.625. The van der Waals surface area contributed by atoms with Gasteiger partial charge in [0.1, 0.15) is 5.58 Å². The van der Waals surface area contributed by atoms with Crippen LogP contribution in [0.2, 0.25) is 0 Å². The molecule has 1 aromatic carbocycles. The number of fused-ring (bicyclic) bond motifs is 1. The molecule has 2 aromatic rings. The number of amides is 1. The molecule has 0 radical (unpaired) electrons. The first-order valence-corrected chi connectivity index (χ1v) is 13.6. The Morgan fingerprint density at radius 2 is 1.40 bits per heavy atom. The van der Waals surface area contributed by atoms with E-state index in [0.29, 0.717) is 94.8 Å². The maximum atomic E-state index is 13.4. The number of aryl methyl sites for hydroxylation is 1. The van der Waals surface area contributed by atoms with Gasteiger partial charge in [0.2, 0.25) is 10.0 Å². The molecular formula is C24H30N2O8S. The second kappa shape index (κ2) is 8.53. The first kappa shape index (κ1) is 23.4. The minimum absolute atomic E-state index is 0.188. The molecule has 10 nitrogen and oxygen atoms in total. The molecule has 0 aliphatic carbocycles. The summed E-state index contributed by atoms with van der Waals surface area (Å²) >= 11 is 0. The Hall–Kier alpha value is -2.02. The molecule has 5 heterocycles. The van der Waals surface area contributed by atoms with Crippen molar-refractivity contribution in [2.45, 2.75) is 49.1 Å². The summed E-state index contributed by atoms with van der Waals surface area (Å²) in [7, 11) is -3.70. The van der Waals surface area contributed by atoms with E-state index in [1.54, 1.807) is 30.0 Å². The van der Waals surface area contributed by atoms with Gasteiger partial charge in [-0.1, -0.05) is 0 Å². The number of hydrogen-bond acceptors (Lipinski definition) is 8. The average molecular weight is 507 g/mol. The third kappa shape index (κ3) is 3.98. The molecule has 6 rings (SSSR count). The molecule has 4 aliphatic rings. The number of carbonyl (C=O) groups excluding carboxylic acids is 1. The van der Waals surface area contributed by atoms with Gasteiger partial charge in [0.05, 0.1) is 31.3 Å². The summed E-state index contributed by atoms with van der Waals surface area (Å²) in [6, 6.07) is 4.78. The summed E-state index contributed by atoms with van der Waals surface area (Å²) in [6.45, 7) is 5.75. The normalized spacial score (nSPS) is 24.7. The number of carbonyl (C=O) groups is 1. The fourth-order valence-corrected chi connectivity index (χ4v) is 7.01. The molecule has 35 heavy (non-hydrogen) atoms. The Morgan fingerprint density at radius 3 is 1.97 bits per heavy atom. The van der Waals surface area contributed by atoms with Crippen molar-refractivity contribution in [3.63, 3.8) is 0 Å². The Bertz CT molecular complexity index is 1220. The van der Waals surface area contributed by atoms with E-state index in [-0.39, 0.29) is 16.6 Å². The van der Waals surface area contributed by atoms with E-state index in [0.717, 1.165) is 0 Å². The highest BCUT2D eigenvalue weighted by Gasteiger charge is 2.43. The van der Waals surface area contributed by atoms with Crippen LogP contribution < -0.4 is 0 Å². The monoisotopic (exact) mass is 506 g/mol. The predicted molar refractivity (Wildman–Crippen MR) is 123 cm³/mol. The summed E-state index contributed by atoms with van der Waals surface area (Å²) < 4.78 is 57.1. The van der Waals surface area contributed by atoms with Gasteiger partial charge in [-0.05, 0) is 25.1 Å². The van der Waals surface area contributed by atoms with Gasteiger partial charge >= 0.3 is 0 Å². The van der Waals surface area contributed by atoms with Gasteiger partial charge in [-0.2, -0.15) is 4.31 Å². The van der Waals surface area contributed by atoms with Crippen LogP contribution in [0.5, 0.6) is 0 Å². The molecule has 1 amide bonds. The molecule has 4 aliphatic heterocycles. The van der Waals surface area contributed by atoms with Crippen LogP contribution in [0.25, 0.3) is 11.0 Å². The van der Waals surface area contributed by atoms with Crippen LogP contribution in [0.15, 0.2) is 27.5 Å². The largest absolute Gasteiger partial charge is 0.451 e. The zero-order chi connectivity index (χ0) is 24.3. The number of nitrogens with zero attached hydrogens (tertiary/aromatic N) is 2. The van der Waals surface area contributed by atoms with Crippen LogP contribution in [0.4, 0.5) is 0 Å². The van der Waals surface area contributed by atoms with Crippen molar-refractivity contribution < 1.29 is 36.6 Å². The highest BCUT2D eigenvalue weighted by Crippen LogP contribution is 2.36. The van der Waals surface area contributed by atoms with Crippen molar-refractivity contribution in [1.82, 2.24) is 9.21 Å². The number of furan rings is 1. The lowest BCUT2D eigenvalue weighted by Gasteiger charge is -2.37. The van der Waals surface area contributed by atoms with Gasteiger partial charge in [-0.3, -0.25) is 4.79 Å². The van der Waals surface area contributed by atoms with Gasteiger partial charge < -0.3 is 28.3 Å². The number of likely N-dealkylation sites (tertiary alicyclic amines) is 1. The molecule has 4 fully saturated rings. The SMILES string of the molecule is Cc1c(C(=O)N2CCC3(CC2)OCCO3)oc2ccc(S(=O)(=O)N3CCC4(CC3)OCCO4)cc12. The van der Waals surface area contributed by atoms with E-state index >= 15 is 0 Å².